The molecule has 3 aliphatic rings. The Kier molecular flexibility index (Phi) is 9.02. The number of amides is 1. The number of nitrogens with zero attached hydrogens (tertiary/aromatic N) is 8. The summed E-state index contributed by atoms with van der Waals surface area (Å²) >= 11 is 6.51. The number of anilines is 2. The minimum absolute atomic E-state index is 0.0415. The average Bonchev–Trinajstić information content (AvgIpc) is 3.58. The SMILES string of the molecule is CC(C)(C)CCC(=O)N(c1cnc(-c2cnn(C3CC3)c2)cn1)C1CCC(Nc2ncc(C(C)(C)C)c(C3=NCC=C3Cl)n2)CC1. The van der Waals surface area contributed by atoms with Crippen LogP contribution in [0.3, 0.4) is 0 Å². The Morgan fingerprint density at radius 2 is 1.74 bits per heavy atom. The van der Waals surface area contributed by atoms with Crippen LogP contribution in [0.15, 0.2) is 47.1 Å². The van der Waals surface area contributed by atoms with E-state index in [0.717, 1.165) is 60.3 Å². The number of aliphatic imine (C=N–C) groups is 1. The van der Waals surface area contributed by atoms with Crippen molar-refractivity contribution in [3.8, 4) is 11.3 Å². The number of allylic oxidation sites excluding steroid dienone is 1. The summed E-state index contributed by atoms with van der Waals surface area (Å²) in [6, 6.07) is 0.735. The quantitative estimate of drug-likeness (QED) is 0.261. The second-order valence-corrected chi connectivity index (χ2v) is 15.5. The molecule has 46 heavy (non-hydrogen) atoms. The van der Waals surface area contributed by atoms with Crippen molar-refractivity contribution in [2.24, 2.45) is 10.4 Å². The van der Waals surface area contributed by atoms with Crippen molar-refractivity contribution in [3.63, 3.8) is 0 Å². The van der Waals surface area contributed by atoms with Gasteiger partial charge in [0, 0.05) is 42.0 Å². The first kappa shape index (κ1) is 32.3. The van der Waals surface area contributed by atoms with Crippen molar-refractivity contribution in [3.05, 3.63) is 53.3 Å². The molecule has 1 amide bonds. The molecule has 0 unspecified atom stereocenters. The van der Waals surface area contributed by atoms with E-state index in [2.05, 4.69) is 57.0 Å². The largest absolute Gasteiger partial charge is 0.351 e. The van der Waals surface area contributed by atoms with Crippen molar-refractivity contribution < 1.29 is 4.79 Å². The lowest BCUT2D eigenvalue weighted by Crippen LogP contribution is -2.45. The summed E-state index contributed by atoms with van der Waals surface area (Å²) in [5.74, 6) is 1.29. The Labute approximate surface area is 277 Å². The van der Waals surface area contributed by atoms with E-state index in [0.29, 0.717) is 35.8 Å². The maximum atomic E-state index is 13.8. The summed E-state index contributed by atoms with van der Waals surface area (Å²) in [6.07, 6.45) is 18.3. The molecule has 0 spiro atoms. The second-order valence-electron chi connectivity index (χ2n) is 15.1. The Balaban J connectivity index is 1.16. The van der Waals surface area contributed by atoms with Crippen molar-refractivity contribution >= 4 is 35.0 Å². The van der Waals surface area contributed by atoms with Crippen LogP contribution in [0.25, 0.3) is 11.3 Å². The Morgan fingerprint density at radius 3 is 2.35 bits per heavy atom. The van der Waals surface area contributed by atoms with Crippen LogP contribution in [0.4, 0.5) is 11.8 Å². The zero-order chi connectivity index (χ0) is 32.6. The van der Waals surface area contributed by atoms with Crippen LogP contribution in [0, 0.1) is 5.41 Å². The maximum Gasteiger partial charge on any atom is 0.228 e. The molecule has 0 aromatic carbocycles. The zero-order valence-corrected chi connectivity index (χ0v) is 28.7. The van der Waals surface area contributed by atoms with E-state index in [1.807, 2.05) is 34.2 Å². The molecule has 2 fully saturated rings. The molecular formula is C35H46ClN9O. The standard InChI is InChI=1S/C35H46ClN9O/c1-34(2,3)15-13-30(46)45(29-20-38-28(19-39-29)22-17-41-44(21-22)24-11-12-24)25-9-7-23(8-10-25)42-33-40-18-26(35(4,5)6)31(43-33)32-27(36)14-16-37-32/h14,17-21,23-25H,7-13,15-16H2,1-6H3,(H,40,42,43). The number of aromatic nitrogens is 6. The van der Waals surface area contributed by atoms with Crippen LogP contribution in [-0.2, 0) is 10.2 Å². The molecule has 4 heterocycles. The van der Waals surface area contributed by atoms with Crippen molar-refractivity contribution in [1.29, 1.82) is 0 Å². The summed E-state index contributed by atoms with van der Waals surface area (Å²) in [7, 11) is 0. The van der Waals surface area contributed by atoms with Gasteiger partial charge < -0.3 is 5.32 Å². The number of hydrogen-bond acceptors (Lipinski definition) is 8. The predicted molar refractivity (Wildman–Crippen MR) is 183 cm³/mol. The lowest BCUT2D eigenvalue weighted by atomic mass is 9.85. The lowest BCUT2D eigenvalue weighted by molar-refractivity contribution is -0.119. The highest BCUT2D eigenvalue weighted by Crippen LogP contribution is 2.36. The van der Waals surface area contributed by atoms with E-state index < -0.39 is 0 Å². The summed E-state index contributed by atoms with van der Waals surface area (Å²) in [6.45, 7) is 13.5. The van der Waals surface area contributed by atoms with Crippen molar-refractivity contribution in [2.75, 3.05) is 16.8 Å². The molecule has 1 N–H and O–H groups in total. The molecule has 10 nitrogen and oxygen atoms in total. The number of hydrogen-bond donors (Lipinski definition) is 1. The van der Waals surface area contributed by atoms with Crippen LogP contribution in [0.1, 0.15) is 110 Å². The van der Waals surface area contributed by atoms with E-state index >= 15 is 0 Å². The van der Waals surface area contributed by atoms with Crippen LogP contribution in [0.5, 0.6) is 0 Å². The van der Waals surface area contributed by atoms with E-state index in [9.17, 15) is 4.79 Å². The molecule has 0 saturated heterocycles. The minimum Gasteiger partial charge on any atom is -0.351 e. The van der Waals surface area contributed by atoms with Gasteiger partial charge in [0.15, 0.2) is 5.82 Å². The van der Waals surface area contributed by atoms with Crippen LogP contribution in [0.2, 0.25) is 0 Å². The molecular weight excluding hydrogens is 598 g/mol. The van der Waals surface area contributed by atoms with E-state index in [4.69, 9.17) is 31.5 Å². The molecule has 244 valence electrons. The maximum absolute atomic E-state index is 13.8. The Hall–Kier alpha value is -3.66. The fourth-order valence-corrected chi connectivity index (χ4v) is 6.36. The first-order valence-corrected chi connectivity index (χ1v) is 17.0. The third kappa shape index (κ3) is 7.48. The minimum atomic E-state index is -0.156. The van der Waals surface area contributed by atoms with E-state index in [1.54, 1.807) is 12.4 Å². The van der Waals surface area contributed by atoms with Crippen LogP contribution >= 0.6 is 11.6 Å². The molecule has 2 saturated carbocycles. The number of carbonyl (C=O) groups is 1. The summed E-state index contributed by atoms with van der Waals surface area (Å²) < 4.78 is 2.01. The van der Waals surface area contributed by atoms with Gasteiger partial charge in [0.1, 0.15) is 5.71 Å². The van der Waals surface area contributed by atoms with Gasteiger partial charge in [-0.2, -0.15) is 5.10 Å². The first-order chi connectivity index (χ1) is 21.9. The number of carbonyl (C=O) groups excluding carboxylic acids is 1. The highest BCUT2D eigenvalue weighted by Gasteiger charge is 2.33. The summed E-state index contributed by atoms with van der Waals surface area (Å²) in [5.41, 5.74) is 4.15. The molecule has 6 rings (SSSR count). The number of nitrogens with one attached hydrogen (secondary N) is 1. The molecule has 0 bridgehead atoms. The van der Waals surface area contributed by atoms with Crippen LogP contribution in [-0.4, -0.2) is 60.0 Å². The van der Waals surface area contributed by atoms with Gasteiger partial charge in [-0.3, -0.25) is 24.4 Å². The van der Waals surface area contributed by atoms with Gasteiger partial charge in [-0.1, -0.05) is 53.1 Å². The number of rotatable bonds is 9. The van der Waals surface area contributed by atoms with Gasteiger partial charge in [-0.25, -0.2) is 15.0 Å². The van der Waals surface area contributed by atoms with Crippen LogP contribution < -0.4 is 10.2 Å². The summed E-state index contributed by atoms with van der Waals surface area (Å²) in [5, 5.41) is 8.70. The molecule has 3 aromatic rings. The number of halogens is 1. The fraction of sp³-hybridized carbons (Fsp3) is 0.571. The molecule has 3 aromatic heterocycles. The van der Waals surface area contributed by atoms with Gasteiger partial charge in [-0.05, 0) is 61.9 Å². The van der Waals surface area contributed by atoms with Gasteiger partial charge >= 0.3 is 0 Å². The second kappa shape index (κ2) is 12.9. The van der Waals surface area contributed by atoms with Crippen molar-refractivity contribution in [2.45, 2.75) is 116 Å². The van der Waals surface area contributed by atoms with Gasteiger partial charge in [-0.15, -0.1) is 0 Å². The monoisotopic (exact) mass is 643 g/mol. The molecule has 0 atom stereocenters. The lowest BCUT2D eigenvalue weighted by Gasteiger charge is -2.37. The Morgan fingerprint density at radius 1 is 0.978 bits per heavy atom. The molecule has 0 radical (unpaired) electrons. The topological polar surface area (TPSA) is 114 Å². The van der Waals surface area contributed by atoms with E-state index in [1.165, 1.54) is 12.8 Å². The zero-order valence-electron chi connectivity index (χ0n) is 27.9. The molecule has 11 heteroatoms. The smallest absolute Gasteiger partial charge is 0.228 e. The molecule has 2 aliphatic carbocycles. The highest BCUT2D eigenvalue weighted by molar-refractivity contribution is 6.46. The van der Waals surface area contributed by atoms with Crippen molar-refractivity contribution in [1.82, 2.24) is 29.7 Å². The fourth-order valence-electron chi connectivity index (χ4n) is 6.14. The third-order valence-corrected chi connectivity index (χ3v) is 9.36. The van der Waals surface area contributed by atoms with E-state index in [-0.39, 0.29) is 28.8 Å². The predicted octanol–water partition coefficient (Wildman–Crippen LogP) is 7.27. The summed E-state index contributed by atoms with van der Waals surface area (Å²) in [4.78, 5) is 39.4. The first-order valence-electron chi connectivity index (χ1n) is 16.6. The van der Waals surface area contributed by atoms with Gasteiger partial charge in [0.2, 0.25) is 11.9 Å². The normalized spacial score (nSPS) is 20.3. The highest BCUT2D eigenvalue weighted by atomic mass is 35.5. The average molecular weight is 644 g/mol. The third-order valence-electron chi connectivity index (χ3n) is 9.02. The Bertz CT molecular complexity index is 1620. The molecule has 1 aliphatic heterocycles. The van der Waals surface area contributed by atoms with Gasteiger partial charge in [0.05, 0.1) is 47.6 Å². The van der Waals surface area contributed by atoms with Gasteiger partial charge in [0.25, 0.3) is 0 Å².